The molecular weight excluding hydrogens is 421 g/mol. The van der Waals surface area contributed by atoms with Gasteiger partial charge in [-0.1, -0.05) is 59.6 Å². The summed E-state index contributed by atoms with van der Waals surface area (Å²) in [4.78, 5) is 12.0. The van der Waals surface area contributed by atoms with Gasteiger partial charge < -0.3 is 4.74 Å². The fourth-order valence-electron chi connectivity index (χ4n) is 2.61. The predicted molar refractivity (Wildman–Crippen MR) is 110 cm³/mol. The normalized spacial score (nSPS) is 11.1. The minimum atomic E-state index is -4.05. The zero-order valence-electron chi connectivity index (χ0n) is 14.6. The van der Waals surface area contributed by atoms with Gasteiger partial charge in [-0.3, -0.25) is 4.72 Å². The number of nitrogens with one attached hydrogen (secondary N) is 1. The standard InChI is InChI=1S/C20H15Cl2NO4S/c1-27-20(24)18-8-7-14(13-5-3-2-4-6-13)9-19(18)23-28(25,26)17-11-15(21)10-16(22)12-17/h2-12,23H,1H3. The Kier molecular flexibility index (Phi) is 5.93. The molecule has 0 amide bonds. The molecule has 0 saturated carbocycles. The van der Waals surface area contributed by atoms with Crippen LogP contribution in [0, 0.1) is 0 Å². The van der Waals surface area contributed by atoms with Crippen molar-refractivity contribution in [1.29, 1.82) is 0 Å². The minimum Gasteiger partial charge on any atom is -0.465 e. The summed E-state index contributed by atoms with van der Waals surface area (Å²) in [5, 5.41) is 0.359. The molecule has 0 aromatic heterocycles. The summed E-state index contributed by atoms with van der Waals surface area (Å²) in [6.07, 6.45) is 0. The Labute approximate surface area is 172 Å². The van der Waals surface area contributed by atoms with Crippen LogP contribution in [0.1, 0.15) is 10.4 Å². The zero-order valence-corrected chi connectivity index (χ0v) is 17.0. The Morgan fingerprint density at radius 2 is 1.54 bits per heavy atom. The first kappa shape index (κ1) is 20.2. The van der Waals surface area contributed by atoms with Crippen molar-refractivity contribution in [3.05, 3.63) is 82.3 Å². The van der Waals surface area contributed by atoms with Gasteiger partial charge in [0.1, 0.15) is 0 Å². The fourth-order valence-corrected chi connectivity index (χ4v) is 4.41. The molecule has 0 bridgehead atoms. The van der Waals surface area contributed by atoms with Gasteiger partial charge in [-0.2, -0.15) is 0 Å². The first-order valence-corrected chi connectivity index (χ1v) is 10.3. The molecule has 144 valence electrons. The lowest BCUT2D eigenvalue weighted by molar-refractivity contribution is 0.0602. The SMILES string of the molecule is COC(=O)c1ccc(-c2ccccc2)cc1NS(=O)(=O)c1cc(Cl)cc(Cl)c1. The summed E-state index contributed by atoms with van der Waals surface area (Å²) in [7, 11) is -2.82. The molecule has 0 atom stereocenters. The van der Waals surface area contributed by atoms with Crippen molar-refractivity contribution in [2.75, 3.05) is 11.8 Å². The van der Waals surface area contributed by atoms with Crippen LogP contribution in [0.4, 0.5) is 5.69 Å². The lowest BCUT2D eigenvalue weighted by Gasteiger charge is -2.14. The van der Waals surface area contributed by atoms with Crippen LogP contribution in [0.3, 0.4) is 0 Å². The minimum absolute atomic E-state index is 0.0823. The van der Waals surface area contributed by atoms with Crippen molar-refractivity contribution < 1.29 is 17.9 Å². The summed E-state index contributed by atoms with van der Waals surface area (Å²) in [6, 6.07) is 18.1. The number of halogens is 2. The number of rotatable bonds is 5. The molecule has 5 nitrogen and oxygen atoms in total. The number of hydrogen-bond acceptors (Lipinski definition) is 4. The first-order valence-electron chi connectivity index (χ1n) is 8.07. The molecule has 0 heterocycles. The molecule has 0 spiro atoms. The van der Waals surface area contributed by atoms with Gasteiger partial charge in [0.2, 0.25) is 0 Å². The summed E-state index contributed by atoms with van der Waals surface area (Å²) < 4.78 is 32.9. The van der Waals surface area contributed by atoms with Crippen molar-refractivity contribution >= 4 is 44.9 Å². The maximum Gasteiger partial charge on any atom is 0.339 e. The average Bonchev–Trinajstić information content (AvgIpc) is 2.67. The van der Waals surface area contributed by atoms with E-state index in [9.17, 15) is 13.2 Å². The Balaban J connectivity index is 2.09. The summed E-state index contributed by atoms with van der Waals surface area (Å²) >= 11 is 11.8. The van der Waals surface area contributed by atoms with E-state index in [1.54, 1.807) is 12.1 Å². The molecule has 3 rings (SSSR count). The van der Waals surface area contributed by atoms with Crippen LogP contribution in [-0.2, 0) is 14.8 Å². The fraction of sp³-hybridized carbons (Fsp3) is 0.0500. The van der Waals surface area contributed by atoms with Gasteiger partial charge in [0.15, 0.2) is 0 Å². The lowest BCUT2D eigenvalue weighted by Crippen LogP contribution is -2.16. The lowest BCUT2D eigenvalue weighted by atomic mass is 10.0. The predicted octanol–water partition coefficient (Wildman–Crippen LogP) is 5.25. The van der Waals surface area contributed by atoms with E-state index < -0.39 is 16.0 Å². The van der Waals surface area contributed by atoms with Gasteiger partial charge in [-0.15, -0.1) is 0 Å². The molecular formula is C20H15Cl2NO4S. The summed E-state index contributed by atoms with van der Waals surface area (Å²) in [6.45, 7) is 0. The number of ether oxygens (including phenoxy) is 1. The van der Waals surface area contributed by atoms with E-state index in [4.69, 9.17) is 27.9 Å². The number of carbonyl (C=O) groups excluding carboxylic acids is 1. The number of esters is 1. The van der Waals surface area contributed by atoms with Crippen LogP contribution in [-0.4, -0.2) is 21.5 Å². The van der Waals surface area contributed by atoms with Gasteiger partial charge in [0.05, 0.1) is 23.3 Å². The summed E-state index contributed by atoms with van der Waals surface area (Å²) in [5.41, 5.74) is 1.77. The van der Waals surface area contributed by atoms with Gasteiger partial charge >= 0.3 is 5.97 Å². The number of sulfonamides is 1. The van der Waals surface area contributed by atoms with Crippen LogP contribution in [0.5, 0.6) is 0 Å². The van der Waals surface area contributed by atoms with Crippen molar-refractivity contribution in [3.8, 4) is 11.1 Å². The quantitative estimate of drug-likeness (QED) is 0.555. The third-order valence-corrected chi connectivity index (χ3v) is 5.70. The Hall–Kier alpha value is -2.54. The summed E-state index contributed by atoms with van der Waals surface area (Å²) in [5.74, 6) is -0.665. The highest BCUT2D eigenvalue weighted by atomic mass is 35.5. The second-order valence-corrected chi connectivity index (χ2v) is 8.38. The van der Waals surface area contributed by atoms with E-state index in [-0.39, 0.29) is 26.2 Å². The third kappa shape index (κ3) is 4.47. The van der Waals surface area contributed by atoms with Crippen molar-refractivity contribution in [2.45, 2.75) is 4.90 Å². The highest BCUT2D eigenvalue weighted by Gasteiger charge is 2.21. The van der Waals surface area contributed by atoms with Crippen LogP contribution >= 0.6 is 23.2 Å². The molecule has 0 unspecified atom stereocenters. The van der Waals surface area contributed by atoms with Gasteiger partial charge in [0, 0.05) is 10.0 Å². The van der Waals surface area contributed by atoms with E-state index in [0.29, 0.717) is 0 Å². The van der Waals surface area contributed by atoms with Crippen molar-refractivity contribution in [3.63, 3.8) is 0 Å². The van der Waals surface area contributed by atoms with Gasteiger partial charge in [-0.25, -0.2) is 13.2 Å². The topological polar surface area (TPSA) is 72.5 Å². The van der Waals surface area contributed by atoms with Gasteiger partial charge in [-0.05, 0) is 41.5 Å². The molecule has 0 radical (unpaired) electrons. The Morgan fingerprint density at radius 3 is 2.14 bits per heavy atom. The zero-order chi connectivity index (χ0) is 20.3. The second-order valence-electron chi connectivity index (χ2n) is 5.83. The molecule has 1 N–H and O–H groups in total. The van der Waals surface area contributed by atoms with Crippen LogP contribution in [0.2, 0.25) is 10.0 Å². The highest BCUT2D eigenvalue weighted by molar-refractivity contribution is 7.92. The van der Waals surface area contributed by atoms with Crippen LogP contribution < -0.4 is 4.72 Å². The smallest absolute Gasteiger partial charge is 0.339 e. The van der Waals surface area contributed by atoms with Crippen LogP contribution in [0.15, 0.2) is 71.6 Å². The van der Waals surface area contributed by atoms with Gasteiger partial charge in [0.25, 0.3) is 10.0 Å². The maximum absolute atomic E-state index is 12.8. The molecule has 0 aliphatic heterocycles. The number of carbonyl (C=O) groups is 1. The molecule has 28 heavy (non-hydrogen) atoms. The first-order chi connectivity index (χ1) is 13.3. The molecule has 8 heteroatoms. The number of anilines is 1. The van der Waals surface area contributed by atoms with E-state index >= 15 is 0 Å². The molecule has 0 fully saturated rings. The van der Waals surface area contributed by atoms with E-state index in [1.165, 1.54) is 31.4 Å². The Morgan fingerprint density at radius 1 is 0.893 bits per heavy atom. The largest absolute Gasteiger partial charge is 0.465 e. The number of hydrogen-bond donors (Lipinski definition) is 1. The van der Waals surface area contributed by atoms with Crippen LogP contribution in [0.25, 0.3) is 11.1 Å². The molecule has 0 aliphatic carbocycles. The monoisotopic (exact) mass is 435 g/mol. The molecule has 0 aliphatic rings. The second kappa shape index (κ2) is 8.22. The van der Waals surface area contributed by atoms with E-state index in [2.05, 4.69) is 4.72 Å². The van der Waals surface area contributed by atoms with E-state index in [1.807, 2.05) is 30.3 Å². The maximum atomic E-state index is 12.8. The van der Waals surface area contributed by atoms with Crippen molar-refractivity contribution in [2.24, 2.45) is 0 Å². The third-order valence-electron chi connectivity index (χ3n) is 3.92. The molecule has 0 saturated heterocycles. The van der Waals surface area contributed by atoms with E-state index in [0.717, 1.165) is 11.1 Å². The number of methoxy groups -OCH3 is 1. The Bertz CT molecular complexity index is 1110. The highest BCUT2D eigenvalue weighted by Crippen LogP contribution is 2.29. The molecule has 3 aromatic rings. The average molecular weight is 436 g/mol. The number of benzene rings is 3. The molecule has 3 aromatic carbocycles. The van der Waals surface area contributed by atoms with Crippen molar-refractivity contribution in [1.82, 2.24) is 0 Å².